The Morgan fingerprint density at radius 3 is 2.39 bits per heavy atom. The molecule has 1 aliphatic rings. The van der Waals surface area contributed by atoms with Crippen molar-refractivity contribution in [3.8, 4) is 0 Å². The zero-order valence-corrected chi connectivity index (χ0v) is 15.3. The summed E-state index contributed by atoms with van der Waals surface area (Å²) in [6.45, 7) is 10.8. The molecule has 1 saturated heterocycles. The van der Waals surface area contributed by atoms with Gasteiger partial charge in [0.05, 0.1) is 0 Å². The number of unbranched alkanes of at least 4 members (excludes halogenated alkanes) is 4. The Hall–Kier alpha value is -0.860. The highest BCUT2D eigenvalue weighted by Crippen LogP contribution is 2.19. The summed E-state index contributed by atoms with van der Waals surface area (Å²) in [4.78, 5) is 5.45. The third kappa shape index (κ3) is 6.64. The van der Waals surface area contributed by atoms with E-state index in [1.54, 1.807) is 0 Å². The lowest BCUT2D eigenvalue weighted by atomic mass is 10.0. The van der Waals surface area contributed by atoms with E-state index in [9.17, 15) is 0 Å². The molecular weight excluding hydrogens is 280 g/mol. The van der Waals surface area contributed by atoms with Crippen molar-refractivity contribution < 1.29 is 0 Å². The van der Waals surface area contributed by atoms with Crippen LogP contribution in [-0.2, 0) is 6.54 Å². The second kappa shape index (κ2) is 10.8. The maximum absolute atomic E-state index is 2.78. The minimum Gasteiger partial charge on any atom is -0.298 e. The van der Waals surface area contributed by atoms with E-state index < -0.39 is 0 Å². The average molecular weight is 317 g/mol. The molecule has 23 heavy (non-hydrogen) atoms. The molecule has 0 unspecified atom stereocenters. The molecule has 0 radical (unpaired) electrons. The van der Waals surface area contributed by atoms with E-state index in [-0.39, 0.29) is 0 Å². The van der Waals surface area contributed by atoms with Crippen molar-refractivity contribution >= 4 is 0 Å². The van der Waals surface area contributed by atoms with Crippen molar-refractivity contribution in [2.75, 3.05) is 26.2 Å². The van der Waals surface area contributed by atoms with E-state index in [0.29, 0.717) is 0 Å². The van der Waals surface area contributed by atoms with Crippen molar-refractivity contribution in [1.82, 2.24) is 9.80 Å². The third-order valence-corrected chi connectivity index (χ3v) is 5.13. The van der Waals surface area contributed by atoms with Gasteiger partial charge in [0.2, 0.25) is 0 Å². The molecule has 2 nitrogen and oxygen atoms in total. The zero-order chi connectivity index (χ0) is 16.3. The molecule has 0 aliphatic carbocycles. The Balaban J connectivity index is 1.86. The standard InChI is InChI=1S/C21H36N2/c1-3-5-8-14-21-19-22(18-20-12-9-7-10-13-20)16-17-23(21)15-11-6-4-2/h7,9-10,12-13,21H,3-6,8,11,14-19H2,1-2H3/t21-/m1/s1. The SMILES string of the molecule is CCCCC[C@@H]1CN(Cc2ccccc2)CCN1CCCCC. The van der Waals surface area contributed by atoms with Crippen LogP contribution in [-0.4, -0.2) is 42.0 Å². The van der Waals surface area contributed by atoms with Crippen LogP contribution in [0, 0.1) is 0 Å². The van der Waals surface area contributed by atoms with Gasteiger partial charge in [0.1, 0.15) is 0 Å². The van der Waals surface area contributed by atoms with Crippen LogP contribution < -0.4 is 0 Å². The van der Waals surface area contributed by atoms with Crippen LogP contribution in [0.5, 0.6) is 0 Å². The molecule has 1 fully saturated rings. The molecule has 0 bridgehead atoms. The van der Waals surface area contributed by atoms with E-state index in [0.717, 1.165) is 12.6 Å². The van der Waals surface area contributed by atoms with Gasteiger partial charge in [-0.15, -0.1) is 0 Å². The Morgan fingerprint density at radius 1 is 0.913 bits per heavy atom. The van der Waals surface area contributed by atoms with E-state index in [2.05, 4.69) is 54.0 Å². The first-order valence-electron chi connectivity index (χ1n) is 9.83. The smallest absolute Gasteiger partial charge is 0.0234 e. The van der Waals surface area contributed by atoms with Crippen molar-refractivity contribution in [3.05, 3.63) is 35.9 Å². The molecule has 1 heterocycles. The quantitative estimate of drug-likeness (QED) is 0.564. The third-order valence-electron chi connectivity index (χ3n) is 5.13. The molecule has 130 valence electrons. The first-order chi connectivity index (χ1) is 11.3. The lowest BCUT2D eigenvalue weighted by molar-refractivity contribution is 0.0626. The highest BCUT2D eigenvalue weighted by molar-refractivity contribution is 5.14. The monoisotopic (exact) mass is 316 g/mol. The van der Waals surface area contributed by atoms with Crippen molar-refractivity contribution in [2.45, 2.75) is 71.4 Å². The number of benzene rings is 1. The van der Waals surface area contributed by atoms with Crippen LogP contribution in [0.4, 0.5) is 0 Å². The summed E-state index contributed by atoms with van der Waals surface area (Å²) in [6, 6.07) is 11.7. The van der Waals surface area contributed by atoms with Crippen LogP contribution in [0.15, 0.2) is 30.3 Å². The van der Waals surface area contributed by atoms with Crippen molar-refractivity contribution in [2.24, 2.45) is 0 Å². The summed E-state index contributed by atoms with van der Waals surface area (Å²) in [5.41, 5.74) is 1.46. The van der Waals surface area contributed by atoms with Gasteiger partial charge in [0.15, 0.2) is 0 Å². The van der Waals surface area contributed by atoms with Crippen molar-refractivity contribution in [3.63, 3.8) is 0 Å². The Bertz CT molecular complexity index is 404. The predicted molar refractivity (Wildman–Crippen MR) is 101 cm³/mol. The number of rotatable bonds is 10. The van der Waals surface area contributed by atoms with E-state index >= 15 is 0 Å². The van der Waals surface area contributed by atoms with Crippen LogP contribution in [0.2, 0.25) is 0 Å². The van der Waals surface area contributed by atoms with E-state index in [4.69, 9.17) is 0 Å². The summed E-state index contributed by atoms with van der Waals surface area (Å²) >= 11 is 0. The van der Waals surface area contributed by atoms with Gasteiger partial charge >= 0.3 is 0 Å². The Labute approximate surface area is 143 Å². The second-order valence-electron chi connectivity index (χ2n) is 7.11. The fourth-order valence-corrected chi connectivity index (χ4v) is 3.71. The first-order valence-corrected chi connectivity index (χ1v) is 9.83. The summed E-state index contributed by atoms with van der Waals surface area (Å²) in [7, 11) is 0. The zero-order valence-electron chi connectivity index (χ0n) is 15.3. The van der Waals surface area contributed by atoms with Crippen LogP contribution in [0.25, 0.3) is 0 Å². The Kier molecular flexibility index (Phi) is 8.70. The number of nitrogens with zero attached hydrogens (tertiary/aromatic N) is 2. The number of piperazine rings is 1. The second-order valence-corrected chi connectivity index (χ2v) is 7.11. The predicted octanol–water partition coefficient (Wildman–Crippen LogP) is 4.94. The van der Waals surface area contributed by atoms with Crippen LogP contribution in [0.3, 0.4) is 0 Å². The van der Waals surface area contributed by atoms with E-state index in [1.165, 1.54) is 76.7 Å². The van der Waals surface area contributed by atoms with Crippen LogP contribution >= 0.6 is 0 Å². The maximum Gasteiger partial charge on any atom is 0.0234 e. The summed E-state index contributed by atoms with van der Waals surface area (Å²) in [6.07, 6.45) is 9.57. The first kappa shape index (κ1) is 18.5. The summed E-state index contributed by atoms with van der Waals surface area (Å²) in [5.74, 6) is 0. The largest absolute Gasteiger partial charge is 0.298 e. The maximum atomic E-state index is 2.78. The Morgan fingerprint density at radius 2 is 1.65 bits per heavy atom. The number of hydrogen-bond donors (Lipinski definition) is 0. The molecule has 0 aromatic heterocycles. The van der Waals surface area contributed by atoms with Gasteiger partial charge in [-0.3, -0.25) is 9.80 Å². The minimum atomic E-state index is 0.774. The van der Waals surface area contributed by atoms with Gasteiger partial charge in [-0.1, -0.05) is 76.3 Å². The molecule has 0 saturated carbocycles. The van der Waals surface area contributed by atoms with Gasteiger partial charge < -0.3 is 0 Å². The minimum absolute atomic E-state index is 0.774. The molecule has 1 aromatic rings. The molecule has 2 heteroatoms. The molecule has 2 rings (SSSR count). The molecular formula is C21H36N2. The molecule has 0 spiro atoms. The molecule has 1 aliphatic heterocycles. The molecule has 1 aromatic carbocycles. The van der Waals surface area contributed by atoms with E-state index in [1.807, 2.05) is 0 Å². The number of hydrogen-bond acceptors (Lipinski definition) is 2. The highest BCUT2D eigenvalue weighted by Gasteiger charge is 2.26. The van der Waals surface area contributed by atoms with Gasteiger partial charge in [-0.25, -0.2) is 0 Å². The van der Waals surface area contributed by atoms with Gasteiger partial charge in [0.25, 0.3) is 0 Å². The normalized spacial score (nSPS) is 20.0. The fourth-order valence-electron chi connectivity index (χ4n) is 3.71. The van der Waals surface area contributed by atoms with Crippen molar-refractivity contribution in [1.29, 1.82) is 0 Å². The van der Waals surface area contributed by atoms with Gasteiger partial charge in [0, 0.05) is 32.2 Å². The lowest BCUT2D eigenvalue weighted by Crippen LogP contribution is -2.52. The molecule has 0 N–H and O–H groups in total. The average Bonchev–Trinajstić information content (AvgIpc) is 2.58. The lowest BCUT2D eigenvalue weighted by Gasteiger charge is -2.42. The summed E-state index contributed by atoms with van der Waals surface area (Å²) in [5, 5.41) is 0. The van der Waals surface area contributed by atoms with Gasteiger partial charge in [-0.2, -0.15) is 0 Å². The topological polar surface area (TPSA) is 6.48 Å². The van der Waals surface area contributed by atoms with Gasteiger partial charge in [-0.05, 0) is 24.9 Å². The highest BCUT2D eigenvalue weighted by atomic mass is 15.3. The summed E-state index contributed by atoms with van der Waals surface area (Å²) < 4.78 is 0. The fraction of sp³-hybridized carbons (Fsp3) is 0.714. The molecule has 1 atom stereocenters. The van der Waals surface area contributed by atoms with Crippen LogP contribution in [0.1, 0.15) is 64.4 Å². The molecule has 0 amide bonds.